The van der Waals surface area contributed by atoms with E-state index in [1.807, 2.05) is 26.0 Å². The highest BCUT2D eigenvalue weighted by Gasteiger charge is 2.28. The van der Waals surface area contributed by atoms with Crippen molar-refractivity contribution in [1.29, 1.82) is 0 Å². The van der Waals surface area contributed by atoms with Crippen LogP contribution in [0.25, 0.3) is 0 Å². The number of nitrogens with one attached hydrogen (secondary N) is 1. The van der Waals surface area contributed by atoms with Crippen LogP contribution in [0.15, 0.2) is 41.3 Å². The Morgan fingerprint density at radius 2 is 1.81 bits per heavy atom. The Morgan fingerprint density at radius 3 is 2.52 bits per heavy atom. The van der Waals surface area contributed by atoms with E-state index in [0.717, 1.165) is 11.1 Å². The zero-order chi connectivity index (χ0) is 19.6. The molecule has 1 aliphatic rings. The van der Waals surface area contributed by atoms with Crippen LogP contribution in [0.3, 0.4) is 0 Å². The van der Waals surface area contributed by atoms with E-state index in [4.69, 9.17) is 16.3 Å². The molecular weight excluding hydrogens is 388 g/mol. The van der Waals surface area contributed by atoms with Gasteiger partial charge in [-0.3, -0.25) is 4.79 Å². The number of rotatable bonds is 4. The van der Waals surface area contributed by atoms with E-state index in [0.29, 0.717) is 24.5 Å². The molecule has 1 fully saturated rings. The maximum Gasteiger partial charge on any atom is 0.255 e. The lowest BCUT2D eigenvalue weighted by atomic mass is 10.1. The molecule has 144 valence electrons. The lowest BCUT2D eigenvalue weighted by Gasteiger charge is -2.26. The molecule has 2 aromatic rings. The number of morpholine rings is 1. The molecule has 3 rings (SSSR count). The zero-order valence-corrected chi connectivity index (χ0v) is 16.7. The lowest BCUT2D eigenvalue weighted by Crippen LogP contribution is -2.40. The maximum atomic E-state index is 12.9. The molecule has 0 unspecified atom stereocenters. The molecule has 8 heteroatoms. The molecule has 0 saturated carbocycles. The van der Waals surface area contributed by atoms with E-state index < -0.39 is 10.0 Å². The summed E-state index contributed by atoms with van der Waals surface area (Å²) in [6.45, 7) is 5.01. The Balaban J connectivity index is 1.89. The van der Waals surface area contributed by atoms with Crippen LogP contribution in [-0.2, 0) is 14.8 Å². The standard InChI is InChI=1S/C19H21ClN2O4S/c1-13-3-4-14(2)16(11-13)19(23)21-15-5-6-17(20)18(12-15)27(24,25)22-7-9-26-10-8-22/h3-6,11-12H,7-10H2,1-2H3,(H,21,23). The fourth-order valence-electron chi connectivity index (χ4n) is 2.88. The van der Waals surface area contributed by atoms with E-state index in [1.54, 1.807) is 12.1 Å². The second-order valence-electron chi connectivity index (χ2n) is 6.43. The summed E-state index contributed by atoms with van der Waals surface area (Å²) in [7, 11) is -3.76. The average molecular weight is 409 g/mol. The van der Waals surface area contributed by atoms with Crippen LogP contribution in [0.1, 0.15) is 21.5 Å². The van der Waals surface area contributed by atoms with Gasteiger partial charge in [-0.1, -0.05) is 29.3 Å². The van der Waals surface area contributed by atoms with Gasteiger partial charge in [0.1, 0.15) is 4.90 Å². The minimum absolute atomic E-state index is 0.0233. The number of hydrogen-bond donors (Lipinski definition) is 1. The van der Waals surface area contributed by atoms with Crippen molar-refractivity contribution >= 4 is 33.2 Å². The number of benzene rings is 2. The SMILES string of the molecule is Cc1ccc(C)c(C(=O)Nc2ccc(Cl)c(S(=O)(=O)N3CCOCC3)c2)c1. The second kappa shape index (κ2) is 7.98. The first-order valence-corrected chi connectivity index (χ1v) is 10.4. The maximum absolute atomic E-state index is 12.9. The molecule has 0 radical (unpaired) electrons. The molecule has 0 aliphatic carbocycles. The first kappa shape index (κ1) is 19.8. The molecule has 1 aliphatic heterocycles. The topological polar surface area (TPSA) is 75.7 Å². The van der Waals surface area contributed by atoms with Crippen molar-refractivity contribution in [3.63, 3.8) is 0 Å². The number of amides is 1. The fraction of sp³-hybridized carbons (Fsp3) is 0.316. The smallest absolute Gasteiger partial charge is 0.255 e. The average Bonchev–Trinajstić information content (AvgIpc) is 2.65. The van der Waals surface area contributed by atoms with Gasteiger partial charge in [-0.05, 0) is 43.7 Å². The molecule has 1 amide bonds. The van der Waals surface area contributed by atoms with Crippen LogP contribution in [0, 0.1) is 13.8 Å². The van der Waals surface area contributed by atoms with Gasteiger partial charge in [0.15, 0.2) is 0 Å². The highest BCUT2D eigenvalue weighted by Crippen LogP contribution is 2.28. The van der Waals surface area contributed by atoms with E-state index in [-0.39, 0.29) is 28.9 Å². The predicted molar refractivity (Wildman–Crippen MR) is 105 cm³/mol. The van der Waals surface area contributed by atoms with E-state index in [9.17, 15) is 13.2 Å². The van der Waals surface area contributed by atoms with Gasteiger partial charge in [0.2, 0.25) is 10.0 Å². The van der Waals surface area contributed by atoms with Crippen LogP contribution in [0.4, 0.5) is 5.69 Å². The minimum atomic E-state index is -3.76. The van der Waals surface area contributed by atoms with Crippen molar-refractivity contribution in [3.8, 4) is 0 Å². The summed E-state index contributed by atoms with van der Waals surface area (Å²) in [5, 5.41) is 2.88. The van der Waals surface area contributed by atoms with Gasteiger partial charge < -0.3 is 10.1 Å². The van der Waals surface area contributed by atoms with Crippen LogP contribution >= 0.6 is 11.6 Å². The number of halogens is 1. The number of anilines is 1. The third-order valence-corrected chi connectivity index (χ3v) is 6.79. The van der Waals surface area contributed by atoms with Crippen LogP contribution in [-0.4, -0.2) is 44.9 Å². The number of carbonyl (C=O) groups is 1. The molecular formula is C19H21ClN2O4S. The number of sulfonamides is 1. The number of ether oxygens (including phenoxy) is 1. The van der Waals surface area contributed by atoms with Crippen molar-refractivity contribution < 1.29 is 17.9 Å². The Hall–Kier alpha value is -1.93. The summed E-state index contributed by atoms with van der Waals surface area (Å²) >= 11 is 6.15. The van der Waals surface area contributed by atoms with Crippen molar-refractivity contribution in [2.45, 2.75) is 18.7 Å². The summed E-state index contributed by atoms with van der Waals surface area (Å²) in [4.78, 5) is 12.6. The molecule has 0 spiro atoms. The first-order chi connectivity index (χ1) is 12.8. The van der Waals surface area contributed by atoms with Crippen molar-refractivity contribution in [3.05, 3.63) is 58.1 Å². The highest BCUT2D eigenvalue weighted by atomic mass is 35.5. The Bertz CT molecular complexity index is 970. The van der Waals surface area contributed by atoms with Crippen LogP contribution in [0.2, 0.25) is 5.02 Å². The lowest BCUT2D eigenvalue weighted by molar-refractivity contribution is 0.0730. The van der Waals surface area contributed by atoms with Gasteiger partial charge in [0.25, 0.3) is 5.91 Å². The zero-order valence-electron chi connectivity index (χ0n) is 15.2. The summed E-state index contributed by atoms with van der Waals surface area (Å²) in [5.74, 6) is -0.298. The predicted octanol–water partition coefficient (Wildman–Crippen LogP) is 3.23. The quantitative estimate of drug-likeness (QED) is 0.842. The second-order valence-corrected chi connectivity index (χ2v) is 8.75. The Kier molecular flexibility index (Phi) is 5.86. The first-order valence-electron chi connectivity index (χ1n) is 8.55. The Morgan fingerprint density at radius 1 is 1.11 bits per heavy atom. The third-order valence-electron chi connectivity index (χ3n) is 4.41. The minimum Gasteiger partial charge on any atom is -0.379 e. The summed E-state index contributed by atoms with van der Waals surface area (Å²) < 4.78 is 32.3. The summed E-state index contributed by atoms with van der Waals surface area (Å²) in [6, 6.07) is 10.1. The van der Waals surface area contributed by atoms with Gasteiger partial charge in [-0.2, -0.15) is 4.31 Å². The van der Waals surface area contributed by atoms with E-state index >= 15 is 0 Å². The normalized spacial score (nSPS) is 15.5. The molecule has 1 saturated heterocycles. The monoisotopic (exact) mass is 408 g/mol. The van der Waals surface area contributed by atoms with Crippen LogP contribution < -0.4 is 5.32 Å². The Labute approximate surface area is 164 Å². The summed E-state index contributed by atoms with van der Waals surface area (Å²) in [6.07, 6.45) is 0. The van der Waals surface area contributed by atoms with Crippen molar-refractivity contribution in [1.82, 2.24) is 4.31 Å². The van der Waals surface area contributed by atoms with Crippen molar-refractivity contribution in [2.24, 2.45) is 0 Å². The van der Waals surface area contributed by atoms with Gasteiger partial charge in [0.05, 0.1) is 18.2 Å². The third kappa shape index (κ3) is 4.32. The van der Waals surface area contributed by atoms with Crippen molar-refractivity contribution in [2.75, 3.05) is 31.6 Å². The molecule has 2 aromatic carbocycles. The fourth-order valence-corrected chi connectivity index (χ4v) is 4.79. The molecule has 0 bridgehead atoms. The highest BCUT2D eigenvalue weighted by molar-refractivity contribution is 7.89. The number of carbonyl (C=O) groups excluding carboxylic acids is 1. The molecule has 0 atom stereocenters. The van der Waals surface area contributed by atoms with Gasteiger partial charge in [-0.15, -0.1) is 0 Å². The largest absolute Gasteiger partial charge is 0.379 e. The molecule has 1 heterocycles. The van der Waals surface area contributed by atoms with Gasteiger partial charge in [-0.25, -0.2) is 8.42 Å². The number of nitrogens with zero attached hydrogens (tertiary/aromatic N) is 1. The summed E-state index contributed by atoms with van der Waals surface area (Å²) in [5.41, 5.74) is 2.73. The van der Waals surface area contributed by atoms with E-state index in [2.05, 4.69) is 5.32 Å². The van der Waals surface area contributed by atoms with Gasteiger partial charge in [0, 0.05) is 24.3 Å². The molecule has 0 aromatic heterocycles. The molecule has 6 nitrogen and oxygen atoms in total. The molecule has 27 heavy (non-hydrogen) atoms. The van der Waals surface area contributed by atoms with E-state index in [1.165, 1.54) is 16.4 Å². The number of aryl methyl sites for hydroxylation is 2. The van der Waals surface area contributed by atoms with Crippen LogP contribution in [0.5, 0.6) is 0 Å². The number of hydrogen-bond acceptors (Lipinski definition) is 4. The molecule has 1 N–H and O–H groups in total. The van der Waals surface area contributed by atoms with Gasteiger partial charge >= 0.3 is 0 Å².